The Hall–Kier alpha value is -3.41. The lowest BCUT2D eigenvalue weighted by atomic mass is 10.1. The average Bonchev–Trinajstić information content (AvgIpc) is 3.38. The molecular weight excluding hydrogens is 344 g/mol. The lowest BCUT2D eigenvalue weighted by Gasteiger charge is -2.17. The number of benzene rings is 2. The molecule has 2 heterocycles. The largest absolute Gasteiger partial charge is 0.481 e. The molecule has 0 bridgehead atoms. The van der Waals surface area contributed by atoms with Gasteiger partial charge in [-0.25, -0.2) is 4.98 Å². The van der Waals surface area contributed by atoms with Crippen LogP contribution in [0.3, 0.4) is 0 Å². The van der Waals surface area contributed by atoms with Crippen molar-refractivity contribution >= 4 is 11.9 Å². The first-order valence-corrected chi connectivity index (χ1v) is 8.76. The highest BCUT2D eigenvalue weighted by Gasteiger charge is 2.32. The van der Waals surface area contributed by atoms with Gasteiger partial charge in [0.1, 0.15) is 0 Å². The van der Waals surface area contributed by atoms with Gasteiger partial charge in [0.15, 0.2) is 5.76 Å². The van der Waals surface area contributed by atoms with Gasteiger partial charge in [-0.3, -0.25) is 9.59 Å². The number of aliphatic carboxylic acids is 1. The van der Waals surface area contributed by atoms with Gasteiger partial charge in [-0.1, -0.05) is 42.5 Å². The fourth-order valence-corrected chi connectivity index (χ4v) is 3.31. The van der Waals surface area contributed by atoms with E-state index < -0.39 is 11.9 Å². The molecule has 2 aromatic carbocycles. The molecule has 6 nitrogen and oxygen atoms in total. The highest BCUT2D eigenvalue weighted by molar-refractivity contribution is 6.00. The maximum absolute atomic E-state index is 12.9. The molecule has 0 aliphatic carbocycles. The molecule has 1 aliphatic rings. The van der Waals surface area contributed by atoms with Crippen LogP contribution in [0.2, 0.25) is 0 Å². The van der Waals surface area contributed by atoms with Gasteiger partial charge in [0, 0.05) is 24.2 Å². The number of amides is 1. The monoisotopic (exact) mass is 362 g/mol. The van der Waals surface area contributed by atoms with E-state index in [-0.39, 0.29) is 12.5 Å². The summed E-state index contributed by atoms with van der Waals surface area (Å²) in [6, 6.07) is 16.7. The first-order valence-electron chi connectivity index (χ1n) is 8.76. The Bertz CT molecular complexity index is 981. The topological polar surface area (TPSA) is 83.6 Å². The summed E-state index contributed by atoms with van der Waals surface area (Å²) in [5, 5.41) is 9.16. The number of carbonyl (C=O) groups is 2. The minimum Gasteiger partial charge on any atom is -0.481 e. The number of carboxylic acid groups (broad SMARTS) is 1. The van der Waals surface area contributed by atoms with Crippen molar-refractivity contribution in [1.82, 2.24) is 9.88 Å². The predicted octanol–water partition coefficient (Wildman–Crippen LogP) is 3.56. The zero-order valence-corrected chi connectivity index (χ0v) is 14.5. The summed E-state index contributed by atoms with van der Waals surface area (Å²) in [6.45, 7) is 0.661. The second-order valence-corrected chi connectivity index (χ2v) is 6.52. The lowest BCUT2D eigenvalue weighted by Crippen LogP contribution is -2.30. The van der Waals surface area contributed by atoms with Crippen molar-refractivity contribution in [3.63, 3.8) is 0 Å². The minimum absolute atomic E-state index is 0.200. The van der Waals surface area contributed by atoms with Crippen LogP contribution in [0.15, 0.2) is 65.2 Å². The van der Waals surface area contributed by atoms with Gasteiger partial charge in [-0.2, -0.15) is 0 Å². The highest BCUT2D eigenvalue weighted by atomic mass is 16.4. The third kappa shape index (κ3) is 3.33. The number of likely N-dealkylation sites (tertiary alicyclic amines) is 1. The van der Waals surface area contributed by atoms with Crippen molar-refractivity contribution in [2.24, 2.45) is 5.92 Å². The lowest BCUT2D eigenvalue weighted by molar-refractivity contribution is -0.141. The summed E-state index contributed by atoms with van der Waals surface area (Å²) in [5.41, 5.74) is 1.97. The third-order valence-corrected chi connectivity index (χ3v) is 4.78. The standard InChI is InChI=1S/C21H18N2O4/c24-20(23-11-10-15(13-23)21(25)26)17-9-5-4-8-16(17)19-22-12-18(27-19)14-6-2-1-3-7-14/h1-9,12,15H,10-11,13H2,(H,25,26). The Morgan fingerprint density at radius 1 is 1.07 bits per heavy atom. The fraction of sp³-hybridized carbons (Fsp3) is 0.190. The molecule has 6 heteroatoms. The highest BCUT2D eigenvalue weighted by Crippen LogP contribution is 2.29. The SMILES string of the molecule is O=C(O)C1CCN(C(=O)c2ccccc2-c2ncc(-c3ccccc3)o2)C1. The minimum atomic E-state index is -0.862. The number of carbonyl (C=O) groups excluding carboxylic acids is 1. The molecule has 27 heavy (non-hydrogen) atoms. The van der Waals surface area contributed by atoms with E-state index in [1.807, 2.05) is 36.4 Å². The zero-order chi connectivity index (χ0) is 18.8. The Kier molecular flexibility index (Phi) is 4.46. The first kappa shape index (κ1) is 17.0. The quantitative estimate of drug-likeness (QED) is 0.767. The van der Waals surface area contributed by atoms with Gasteiger partial charge in [0.05, 0.1) is 17.7 Å². The molecule has 1 unspecified atom stereocenters. The number of oxazole rings is 1. The Balaban J connectivity index is 1.63. The number of hydrogen-bond acceptors (Lipinski definition) is 4. The molecule has 3 aromatic rings. The molecule has 1 amide bonds. The van der Waals surface area contributed by atoms with Crippen LogP contribution in [0.25, 0.3) is 22.8 Å². The van der Waals surface area contributed by atoms with Gasteiger partial charge in [-0.05, 0) is 18.6 Å². The molecule has 0 saturated carbocycles. The molecule has 1 saturated heterocycles. The summed E-state index contributed by atoms with van der Waals surface area (Å²) >= 11 is 0. The van der Waals surface area contributed by atoms with E-state index in [4.69, 9.17) is 9.52 Å². The number of hydrogen-bond donors (Lipinski definition) is 1. The van der Waals surface area contributed by atoms with E-state index in [9.17, 15) is 9.59 Å². The molecule has 1 aromatic heterocycles. The van der Waals surface area contributed by atoms with Crippen LogP contribution in [-0.2, 0) is 4.79 Å². The van der Waals surface area contributed by atoms with Gasteiger partial charge in [0.25, 0.3) is 5.91 Å². The van der Waals surface area contributed by atoms with Crippen molar-refractivity contribution < 1.29 is 19.1 Å². The number of aromatic nitrogens is 1. The molecule has 0 radical (unpaired) electrons. The van der Waals surface area contributed by atoms with E-state index in [1.54, 1.807) is 29.3 Å². The summed E-state index contributed by atoms with van der Waals surface area (Å²) < 4.78 is 5.89. The molecule has 136 valence electrons. The summed E-state index contributed by atoms with van der Waals surface area (Å²) in [5.74, 6) is -0.577. The number of rotatable bonds is 4. The van der Waals surface area contributed by atoms with Crippen molar-refractivity contribution in [3.05, 3.63) is 66.4 Å². The van der Waals surface area contributed by atoms with Crippen LogP contribution in [0, 0.1) is 5.92 Å². The molecule has 1 N–H and O–H groups in total. The fourth-order valence-electron chi connectivity index (χ4n) is 3.31. The van der Waals surface area contributed by atoms with Crippen LogP contribution in [-0.4, -0.2) is 40.0 Å². The zero-order valence-electron chi connectivity index (χ0n) is 14.5. The third-order valence-electron chi connectivity index (χ3n) is 4.78. The van der Waals surface area contributed by atoms with Crippen LogP contribution in [0.4, 0.5) is 0 Å². The summed E-state index contributed by atoms with van der Waals surface area (Å²) in [7, 11) is 0. The Morgan fingerprint density at radius 3 is 2.56 bits per heavy atom. The smallest absolute Gasteiger partial charge is 0.308 e. The molecule has 1 fully saturated rings. The average molecular weight is 362 g/mol. The van der Waals surface area contributed by atoms with E-state index in [2.05, 4.69) is 4.98 Å². The van der Waals surface area contributed by atoms with Gasteiger partial charge in [-0.15, -0.1) is 0 Å². The van der Waals surface area contributed by atoms with E-state index in [0.29, 0.717) is 35.7 Å². The van der Waals surface area contributed by atoms with Crippen molar-refractivity contribution in [2.45, 2.75) is 6.42 Å². The van der Waals surface area contributed by atoms with Crippen molar-refractivity contribution in [1.29, 1.82) is 0 Å². The van der Waals surface area contributed by atoms with Gasteiger partial charge >= 0.3 is 5.97 Å². The van der Waals surface area contributed by atoms with Crippen LogP contribution < -0.4 is 0 Å². The molecule has 1 aliphatic heterocycles. The second kappa shape index (κ2) is 7.07. The summed E-state index contributed by atoms with van der Waals surface area (Å²) in [6.07, 6.45) is 2.11. The molecular formula is C21H18N2O4. The van der Waals surface area contributed by atoms with Crippen LogP contribution in [0.1, 0.15) is 16.8 Å². The van der Waals surface area contributed by atoms with Crippen LogP contribution >= 0.6 is 0 Å². The second-order valence-electron chi connectivity index (χ2n) is 6.52. The van der Waals surface area contributed by atoms with E-state index in [0.717, 1.165) is 5.56 Å². The summed E-state index contributed by atoms with van der Waals surface area (Å²) in [4.78, 5) is 30.0. The van der Waals surface area contributed by atoms with Crippen molar-refractivity contribution in [3.8, 4) is 22.8 Å². The first-order chi connectivity index (χ1) is 13.1. The molecule has 1 atom stereocenters. The molecule has 0 spiro atoms. The Labute approximate surface area is 156 Å². The number of nitrogens with zero attached hydrogens (tertiary/aromatic N) is 2. The predicted molar refractivity (Wildman–Crippen MR) is 99.0 cm³/mol. The van der Waals surface area contributed by atoms with E-state index >= 15 is 0 Å². The van der Waals surface area contributed by atoms with Gasteiger partial charge in [0.2, 0.25) is 5.89 Å². The van der Waals surface area contributed by atoms with Crippen molar-refractivity contribution in [2.75, 3.05) is 13.1 Å². The maximum Gasteiger partial charge on any atom is 0.308 e. The number of carboxylic acids is 1. The Morgan fingerprint density at radius 2 is 1.81 bits per heavy atom. The van der Waals surface area contributed by atoms with E-state index in [1.165, 1.54) is 0 Å². The van der Waals surface area contributed by atoms with Crippen LogP contribution in [0.5, 0.6) is 0 Å². The molecule has 4 rings (SSSR count). The van der Waals surface area contributed by atoms with Gasteiger partial charge < -0.3 is 14.4 Å². The maximum atomic E-state index is 12.9. The normalized spacial score (nSPS) is 16.4.